The molecule has 2 nitrogen and oxygen atoms in total. The molecule has 2 heteroatoms. The molecule has 178 valence electrons. The van der Waals surface area contributed by atoms with Gasteiger partial charge in [0.15, 0.2) is 0 Å². The van der Waals surface area contributed by atoms with Crippen molar-refractivity contribution in [2.45, 2.75) is 51.9 Å². The van der Waals surface area contributed by atoms with E-state index in [-0.39, 0.29) is 5.41 Å². The van der Waals surface area contributed by atoms with E-state index in [1.54, 1.807) is 0 Å². The SMILES string of the molecule is Cc1ccc(Nc2ccc(C3(c4ccc(Nc5ccc(C)cc5)cc4)CCC(C)CC3)cc2)cc1. The number of hydrogen-bond donors (Lipinski definition) is 2. The van der Waals surface area contributed by atoms with Crippen molar-refractivity contribution in [1.82, 2.24) is 0 Å². The minimum Gasteiger partial charge on any atom is -0.356 e. The molecule has 0 amide bonds. The molecule has 0 saturated heterocycles. The molecule has 0 unspecified atom stereocenters. The number of anilines is 4. The Kier molecular flexibility index (Phi) is 6.63. The molecule has 0 spiro atoms. The molecule has 0 bridgehead atoms. The standard InChI is InChI=1S/C33H36N2/c1-24-4-12-29(13-5-24)34-31-16-8-27(9-17-31)33(22-20-26(3)21-23-33)28-10-18-32(19-11-28)35-30-14-6-25(2)7-15-30/h4-19,26,34-35H,20-23H2,1-3H3. The van der Waals surface area contributed by atoms with Gasteiger partial charge >= 0.3 is 0 Å². The monoisotopic (exact) mass is 460 g/mol. The molecule has 5 rings (SSSR count). The van der Waals surface area contributed by atoms with Crippen LogP contribution in [0.4, 0.5) is 22.7 Å². The summed E-state index contributed by atoms with van der Waals surface area (Å²) in [6.07, 6.45) is 4.94. The Bertz CT molecular complexity index is 1140. The lowest BCUT2D eigenvalue weighted by Gasteiger charge is -2.41. The van der Waals surface area contributed by atoms with Crippen LogP contribution in [0, 0.1) is 19.8 Å². The number of benzene rings is 4. The van der Waals surface area contributed by atoms with Crippen LogP contribution in [-0.4, -0.2) is 0 Å². The van der Waals surface area contributed by atoms with Crippen LogP contribution in [0.2, 0.25) is 0 Å². The van der Waals surface area contributed by atoms with Gasteiger partial charge in [0, 0.05) is 28.2 Å². The van der Waals surface area contributed by atoms with E-state index in [9.17, 15) is 0 Å². The van der Waals surface area contributed by atoms with Gasteiger partial charge in [0.1, 0.15) is 0 Å². The van der Waals surface area contributed by atoms with E-state index in [1.807, 2.05) is 0 Å². The Morgan fingerprint density at radius 3 is 1.17 bits per heavy atom. The van der Waals surface area contributed by atoms with Crippen LogP contribution in [0.5, 0.6) is 0 Å². The number of nitrogens with one attached hydrogen (secondary N) is 2. The highest BCUT2D eigenvalue weighted by atomic mass is 14.9. The largest absolute Gasteiger partial charge is 0.356 e. The summed E-state index contributed by atoms with van der Waals surface area (Å²) in [5.74, 6) is 0.799. The third-order valence-corrected chi connectivity index (χ3v) is 7.68. The second-order valence-electron chi connectivity index (χ2n) is 10.4. The van der Waals surface area contributed by atoms with Crippen molar-refractivity contribution < 1.29 is 0 Å². The van der Waals surface area contributed by atoms with E-state index in [2.05, 4.69) is 128 Å². The Labute approximate surface area is 210 Å². The van der Waals surface area contributed by atoms with Crippen LogP contribution in [-0.2, 0) is 5.41 Å². The third kappa shape index (κ3) is 5.27. The molecule has 4 aromatic rings. The summed E-state index contributed by atoms with van der Waals surface area (Å²) in [5, 5.41) is 7.09. The molecule has 0 aliphatic heterocycles. The quantitative estimate of drug-likeness (QED) is 0.299. The van der Waals surface area contributed by atoms with E-state index in [1.165, 1.54) is 47.9 Å². The van der Waals surface area contributed by atoms with Gasteiger partial charge in [0.2, 0.25) is 0 Å². The fourth-order valence-electron chi connectivity index (χ4n) is 5.35. The molecule has 0 radical (unpaired) electrons. The topological polar surface area (TPSA) is 24.1 Å². The van der Waals surface area contributed by atoms with Crippen LogP contribution < -0.4 is 10.6 Å². The maximum atomic E-state index is 3.55. The Hall–Kier alpha value is -3.52. The lowest BCUT2D eigenvalue weighted by atomic mass is 9.63. The zero-order chi connectivity index (χ0) is 24.3. The summed E-state index contributed by atoms with van der Waals surface area (Å²) in [6.45, 7) is 6.63. The Balaban J connectivity index is 1.39. The first kappa shape index (κ1) is 23.2. The lowest BCUT2D eigenvalue weighted by molar-refractivity contribution is 0.280. The van der Waals surface area contributed by atoms with Crippen LogP contribution >= 0.6 is 0 Å². The molecule has 2 N–H and O–H groups in total. The molecular formula is C33H36N2. The Morgan fingerprint density at radius 2 is 0.829 bits per heavy atom. The third-order valence-electron chi connectivity index (χ3n) is 7.68. The average Bonchev–Trinajstić information content (AvgIpc) is 2.89. The predicted molar refractivity (Wildman–Crippen MR) is 150 cm³/mol. The van der Waals surface area contributed by atoms with Crippen molar-refractivity contribution in [2.75, 3.05) is 10.6 Å². The van der Waals surface area contributed by atoms with Gasteiger partial charge in [-0.3, -0.25) is 0 Å². The zero-order valence-corrected chi connectivity index (χ0v) is 21.1. The van der Waals surface area contributed by atoms with Gasteiger partial charge in [-0.25, -0.2) is 0 Å². The van der Waals surface area contributed by atoms with Gasteiger partial charge in [0.25, 0.3) is 0 Å². The van der Waals surface area contributed by atoms with Gasteiger partial charge in [-0.1, -0.05) is 66.6 Å². The number of aryl methyl sites for hydroxylation is 2. The van der Waals surface area contributed by atoms with Gasteiger partial charge in [-0.15, -0.1) is 0 Å². The van der Waals surface area contributed by atoms with Crippen molar-refractivity contribution in [1.29, 1.82) is 0 Å². The van der Waals surface area contributed by atoms with E-state index in [4.69, 9.17) is 0 Å². The number of rotatable bonds is 6. The lowest BCUT2D eigenvalue weighted by Crippen LogP contribution is -2.32. The minimum absolute atomic E-state index is 0.0806. The highest BCUT2D eigenvalue weighted by Gasteiger charge is 2.37. The zero-order valence-electron chi connectivity index (χ0n) is 21.1. The van der Waals surface area contributed by atoms with Crippen molar-refractivity contribution in [3.8, 4) is 0 Å². The molecule has 0 heterocycles. The first-order valence-corrected chi connectivity index (χ1v) is 12.9. The molecule has 1 fully saturated rings. The van der Waals surface area contributed by atoms with Gasteiger partial charge in [-0.05, 0) is 105 Å². The summed E-state index contributed by atoms with van der Waals surface area (Å²) >= 11 is 0. The van der Waals surface area contributed by atoms with Gasteiger partial charge < -0.3 is 10.6 Å². The molecule has 1 saturated carbocycles. The van der Waals surface area contributed by atoms with Crippen molar-refractivity contribution in [2.24, 2.45) is 5.92 Å². The van der Waals surface area contributed by atoms with E-state index >= 15 is 0 Å². The molecular weight excluding hydrogens is 424 g/mol. The van der Waals surface area contributed by atoms with E-state index in [0.717, 1.165) is 28.7 Å². The van der Waals surface area contributed by atoms with Crippen molar-refractivity contribution in [3.63, 3.8) is 0 Å². The fourth-order valence-corrected chi connectivity index (χ4v) is 5.35. The Morgan fingerprint density at radius 1 is 0.514 bits per heavy atom. The van der Waals surface area contributed by atoms with Crippen LogP contribution in [0.25, 0.3) is 0 Å². The first-order valence-electron chi connectivity index (χ1n) is 12.9. The highest BCUT2D eigenvalue weighted by molar-refractivity contribution is 5.62. The smallest absolute Gasteiger partial charge is 0.0384 e. The van der Waals surface area contributed by atoms with Crippen molar-refractivity contribution >= 4 is 22.7 Å². The van der Waals surface area contributed by atoms with Crippen LogP contribution in [0.3, 0.4) is 0 Å². The summed E-state index contributed by atoms with van der Waals surface area (Å²) in [4.78, 5) is 0. The summed E-state index contributed by atoms with van der Waals surface area (Å²) in [6, 6.07) is 35.4. The maximum absolute atomic E-state index is 3.55. The second kappa shape index (κ2) is 10.00. The predicted octanol–water partition coefficient (Wildman–Crippen LogP) is 9.29. The summed E-state index contributed by atoms with van der Waals surface area (Å²) in [5.41, 5.74) is 10.0. The molecule has 1 aliphatic carbocycles. The number of hydrogen-bond acceptors (Lipinski definition) is 2. The molecule has 4 aromatic carbocycles. The fraction of sp³-hybridized carbons (Fsp3) is 0.273. The average molecular weight is 461 g/mol. The van der Waals surface area contributed by atoms with Crippen LogP contribution in [0.15, 0.2) is 97.1 Å². The molecule has 0 atom stereocenters. The molecule has 0 aromatic heterocycles. The maximum Gasteiger partial charge on any atom is 0.0384 e. The van der Waals surface area contributed by atoms with E-state index < -0.39 is 0 Å². The summed E-state index contributed by atoms with van der Waals surface area (Å²) < 4.78 is 0. The van der Waals surface area contributed by atoms with E-state index in [0.29, 0.717) is 0 Å². The van der Waals surface area contributed by atoms with Gasteiger partial charge in [0.05, 0.1) is 0 Å². The minimum atomic E-state index is 0.0806. The normalized spacial score (nSPS) is 15.5. The second-order valence-corrected chi connectivity index (χ2v) is 10.4. The van der Waals surface area contributed by atoms with Crippen LogP contribution in [0.1, 0.15) is 54.9 Å². The summed E-state index contributed by atoms with van der Waals surface area (Å²) in [7, 11) is 0. The highest BCUT2D eigenvalue weighted by Crippen LogP contribution is 2.47. The van der Waals surface area contributed by atoms with Gasteiger partial charge in [-0.2, -0.15) is 0 Å². The van der Waals surface area contributed by atoms with Crippen molar-refractivity contribution in [3.05, 3.63) is 119 Å². The molecule has 35 heavy (non-hydrogen) atoms. The first-order chi connectivity index (χ1) is 17.0. The molecule has 1 aliphatic rings.